The quantitative estimate of drug-likeness (QED) is 0.0857. The number of carbonyl (C=O) groups is 7. The van der Waals surface area contributed by atoms with Crippen LogP contribution in [-0.2, 0) is 44.9 Å². The Morgan fingerprint density at radius 1 is 1.26 bits per heavy atom. The zero-order valence-corrected chi connectivity index (χ0v) is 25.9. The highest BCUT2D eigenvalue weighted by Gasteiger charge is 2.36. The summed E-state index contributed by atoms with van der Waals surface area (Å²) >= 11 is 2.05. The molecule has 3 amide bonds. The molecule has 15 nitrogen and oxygen atoms in total. The van der Waals surface area contributed by atoms with Gasteiger partial charge in [-0.3, -0.25) is 19.2 Å². The summed E-state index contributed by atoms with van der Waals surface area (Å²) in [4.78, 5) is 93.7. The van der Waals surface area contributed by atoms with E-state index in [1.54, 1.807) is 19.9 Å². The number of carbonyl (C=O) groups excluding carboxylic acids is 6. The Balaban J connectivity index is 2.12. The molecule has 0 fully saturated rings. The van der Waals surface area contributed by atoms with Crippen LogP contribution in [0, 0.1) is 5.92 Å². The summed E-state index contributed by atoms with van der Waals surface area (Å²) in [5, 5.41) is 18.0. The third-order valence-corrected chi connectivity index (χ3v) is 7.74. The van der Waals surface area contributed by atoms with Gasteiger partial charge in [-0.2, -0.15) is 0 Å². The molecule has 1 aromatic rings. The largest absolute Gasteiger partial charge is 0.473 e. The van der Waals surface area contributed by atoms with Crippen LogP contribution in [0.1, 0.15) is 63.0 Å². The molecule has 2 heterocycles. The minimum Gasteiger partial charge on any atom is -0.473 e. The zero-order valence-electron chi connectivity index (χ0n) is 24.3. The Hall–Kier alpha value is -3.83. The molecule has 0 aliphatic carbocycles. The van der Waals surface area contributed by atoms with Gasteiger partial charge in [0.2, 0.25) is 16.9 Å². The first-order chi connectivity index (χ1) is 20.1. The van der Waals surface area contributed by atoms with E-state index in [1.807, 2.05) is 0 Å². The summed E-state index contributed by atoms with van der Waals surface area (Å²) in [5.74, 6) is -5.90. The van der Waals surface area contributed by atoms with Crippen LogP contribution >= 0.6 is 23.1 Å². The lowest BCUT2D eigenvalue weighted by Gasteiger charge is -2.29. The molecular formula is C26H35N5O10S2. The van der Waals surface area contributed by atoms with Crippen LogP contribution < -0.4 is 21.4 Å². The molecule has 2 bridgehead atoms. The topological polar surface area (TPSA) is 219 Å². The summed E-state index contributed by atoms with van der Waals surface area (Å²) in [7, 11) is 0. The fourth-order valence-electron chi connectivity index (χ4n) is 3.36. The van der Waals surface area contributed by atoms with Crippen LogP contribution in [0.15, 0.2) is 17.5 Å². The number of rotatable bonds is 8. The number of hydroxylamine groups is 1. The van der Waals surface area contributed by atoms with Gasteiger partial charge >= 0.3 is 17.9 Å². The van der Waals surface area contributed by atoms with Gasteiger partial charge in [0.25, 0.3) is 5.91 Å². The summed E-state index contributed by atoms with van der Waals surface area (Å²) in [6, 6.07) is -2.05. The Morgan fingerprint density at radius 2 is 1.95 bits per heavy atom. The first-order valence-electron chi connectivity index (χ1n) is 13.2. The monoisotopic (exact) mass is 641 g/mol. The van der Waals surface area contributed by atoms with Crippen molar-refractivity contribution in [2.75, 3.05) is 5.75 Å². The van der Waals surface area contributed by atoms with Gasteiger partial charge in [0.05, 0.1) is 13.0 Å². The molecule has 43 heavy (non-hydrogen) atoms. The molecule has 3 atom stereocenters. The number of cyclic esters (lactones) is 1. The van der Waals surface area contributed by atoms with Crippen molar-refractivity contribution in [1.29, 1.82) is 0 Å². The van der Waals surface area contributed by atoms with E-state index in [9.17, 15) is 33.6 Å². The average Bonchev–Trinajstić information content (AvgIpc) is 3.41. The highest BCUT2D eigenvalue weighted by atomic mass is 32.2. The highest BCUT2D eigenvalue weighted by molar-refractivity contribution is 8.13. The molecule has 1 aliphatic rings. The third-order valence-electron chi connectivity index (χ3n) is 5.81. The number of thioether (sulfide) groups is 1. The Morgan fingerprint density at radius 3 is 2.60 bits per heavy atom. The number of amides is 3. The second-order valence-corrected chi connectivity index (χ2v) is 12.3. The first-order valence-corrected chi connectivity index (χ1v) is 15.0. The molecule has 1 aromatic heterocycles. The maximum Gasteiger partial charge on any atom is 0.435 e. The molecule has 0 unspecified atom stereocenters. The van der Waals surface area contributed by atoms with E-state index in [1.165, 1.54) is 32.2 Å². The molecule has 2 rings (SSSR count). The van der Waals surface area contributed by atoms with Crippen LogP contribution in [0.2, 0.25) is 0 Å². The number of carboxylic acids is 1. The predicted octanol–water partition coefficient (Wildman–Crippen LogP) is 0.451. The van der Waals surface area contributed by atoms with Gasteiger partial charge in [-0.1, -0.05) is 31.7 Å². The van der Waals surface area contributed by atoms with Gasteiger partial charge in [-0.25, -0.2) is 19.4 Å². The van der Waals surface area contributed by atoms with Crippen molar-refractivity contribution in [3.8, 4) is 0 Å². The summed E-state index contributed by atoms with van der Waals surface area (Å²) < 4.78 is 5.62. The summed E-state index contributed by atoms with van der Waals surface area (Å²) in [6.07, 6.45) is 2.21. The molecule has 17 heteroatoms. The Bertz CT molecular complexity index is 1260. The van der Waals surface area contributed by atoms with Gasteiger partial charge in [0, 0.05) is 11.1 Å². The molecule has 0 radical (unpaired) electrons. The third kappa shape index (κ3) is 11.4. The number of allylic oxidation sites excluding steroid dienone is 1. The van der Waals surface area contributed by atoms with Crippen molar-refractivity contribution in [2.45, 2.75) is 77.7 Å². The molecule has 0 saturated carbocycles. The fourth-order valence-corrected chi connectivity index (χ4v) is 4.82. The predicted molar refractivity (Wildman–Crippen MR) is 154 cm³/mol. The Kier molecular flexibility index (Phi) is 13.3. The lowest BCUT2D eigenvalue weighted by Crippen LogP contribution is -2.59. The summed E-state index contributed by atoms with van der Waals surface area (Å²) in [6.45, 7) is 7.82. The number of hydrogen-bond donors (Lipinski definition) is 5. The van der Waals surface area contributed by atoms with Crippen molar-refractivity contribution in [3.05, 3.63) is 28.2 Å². The van der Waals surface area contributed by atoms with E-state index in [-0.39, 0.29) is 24.4 Å². The van der Waals surface area contributed by atoms with Crippen LogP contribution in [0.4, 0.5) is 0 Å². The van der Waals surface area contributed by atoms with E-state index in [4.69, 9.17) is 9.84 Å². The minimum absolute atomic E-state index is 0.0341. The molecule has 236 valence electrons. The summed E-state index contributed by atoms with van der Waals surface area (Å²) in [5.41, 5.74) is 0.763. The average molecular weight is 642 g/mol. The number of nitrogens with one attached hydrogen (secondary N) is 4. The molecule has 0 saturated heterocycles. The SMILES string of the molecule is CC(C)[C@@H]1NC(=O)C(C)(C)NC(=O)c2csc(n2)CNC(=O)C[C@@H](/C=C/CCSC(=O)[C@H](C)NOC(=O)C(=O)O)OC1=O. The second-order valence-electron chi connectivity index (χ2n) is 10.3. The van der Waals surface area contributed by atoms with Gasteiger partial charge in [-0.05, 0) is 39.2 Å². The number of fused-ring (bicyclic) bond motifs is 2. The lowest BCUT2D eigenvalue weighted by atomic mass is 9.99. The van der Waals surface area contributed by atoms with Crippen molar-refractivity contribution in [1.82, 2.24) is 26.4 Å². The minimum atomic E-state index is -1.81. The number of hydrogen-bond acceptors (Lipinski definition) is 13. The van der Waals surface area contributed by atoms with E-state index in [0.717, 1.165) is 23.1 Å². The van der Waals surface area contributed by atoms with Gasteiger partial charge in [-0.15, -0.1) is 16.8 Å². The molecule has 5 N–H and O–H groups in total. The van der Waals surface area contributed by atoms with E-state index < -0.39 is 70.4 Å². The maximum absolute atomic E-state index is 13.2. The zero-order chi connectivity index (χ0) is 32.3. The molecule has 1 aliphatic heterocycles. The van der Waals surface area contributed by atoms with Crippen molar-refractivity contribution < 1.29 is 48.2 Å². The first kappa shape index (κ1) is 35.4. The van der Waals surface area contributed by atoms with Gasteiger partial charge in [0.15, 0.2) is 0 Å². The van der Waals surface area contributed by atoms with E-state index in [2.05, 4.69) is 31.3 Å². The molecule has 0 aromatic carbocycles. The Labute approximate surface area is 255 Å². The maximum atomic E-state index is 13.2. The number of thiazole rings is 1. The van der Waals surface area contributed by atoms with Crippen molar-refractivity contribution in [2.24, 2.45) is 5.92 Å². The van der Waals surface area contributed by atoms with E-state index in [0.29, 0.717) is 11.4 Å². The van der Waals surface area contributed by atoms with Crippen LogP contribution in [0.25, 0.3) is 0 Å². The van der Waals surface area contributed by atoms with Crippen molar-refractivity contribution in [3.63, 3.8) is 0 Å². The fraction of sp³-hybridized carbons (Fsp3) is 0.538. The van der Waals surface area contributed by atoms with Gasteiger partial charge in [0.1, 0.15) is 34.4 Å². The standard InChI is InChI=1S/C26H35N5O10S2/c1-13(2)19-22(36)40-15(8-6-7-9-42-24(38)14(3)31-41-23(37)21(34)35)10-17(32)27-11-18-28-16(12-43-18)20(33)30-26(4,5)25(39)29-19/h6,8,12-15,19,31H,7,9-11H2,1-5H3,(H,27,32)(H,29,39)(H,30,33)(H,34,35)/b8-6+/t14-,15+,19-/m0/s1. The van der Waals surface area contributed by atoms with Crippen LogP contribution in [0.5, 0.6) is 0 Å². The van der Waals surface area contributed by atoms with Crippen molar-refractivity contribution >= 4 is 63.8 Å². The smallest absolute Gasteiger partial charge is 0.435 e. The second kappa shape index (κ2) is 16.1. The number of ether oxygens (including phenoxy) is 1. The van der Waals surface area contributed by atoms with Gasteiger partial charge < -0.3 is 30.6 Å². The lowest BCUT2D eigenvalue weighted by molar-refractivity contribution is -0.170. The number of carboxylic acid groups (broad SMARTS) is 1. The normalized spacial score (nSPS) is 20.5. The van der Waals surface area contributed by atoms with Crippen LogP contribution in [0.3, 0.4) is 0 Å². The van der Waals surface area contributed by atoms with E-state index >= 15 is 0 Å². The molecule has 0 spiro atoms. The number of aromatic nitrogens is 1. The molecular weight excluding hydrogens is 606 g/mol. The van der Waals surface area contributed by atoms with Crippen LogP contribution in [-0.4, -0.2) is 80.3 Å². The number of aliphatic carboxylic acids is 1. The number of nitrogens with zero attached hydrogens (tertiary/aromatic N) is 1. The highest BCUT2D eigenvalue weighted by Crippen LogP contribution is 2.16. The number of esters is 1.